The maximum Gasteiger partial charge on any atom is 0.119 e. The van der Waals surface area contributed by atoms with E-state index in [0.29, 0.717) is 6.54 Å². The first-order valence-electron chi connectivity index (χ1n) is 7.51. The monoisotopic (exact) mass is 278 g/mol. The van der Waals surface area contributed by atoms with Gasteiger partial charge in [0.2, 0.25) is 0 Å². The number of hydrogen-bond acceptors (Lipinski definition) is 4. The molecule has 0 spiro atoms. The predicted molar refractivity (Wildman–Crippen MR) is 81.0 cm³/mol. The van der Waals surface area contributed by atoms with E-state index in [1.54, 1.807) is 0 Å². The lowest BCUT2D eigenvalue weighted by molar-refractivity contribution is 0.217. The normalized spacial score (nSPS) is 15.9. The molecule has 2 rings (SSSR count). The largest absolute Gasteiger partial charge is 0.492 e. The van der Waals surface area contributed by atoms with E-state index in [4.69, 9.17) is 9.84 Å². The van der Waals surface area contributed by atoms with Gasteiger partial charge in [0.05, 0.1) is 6.61 Å². The van der Waals surface area contributed by atoms with Gasteiger partial charge in [-0.25, -0.2) is 0 Å². The summed E-state index contributed by atoms with van der Waals surface area (Å²) in [5.41, 5.74) is 1.24. The molecule has 1 saturated heterocycles. The van der Waals surface area contributed by atoms with E-state index in [-0.39, 0.29) is 6.61 Å². The van der Waals surface area contributed by atoms with Gasteiger partial charge in [-0.05, 0) is 50.7 Å². The van der Waals surface area contributed by atoms with Crippen LogP contribution >= 0.6 is 0 Å². The number of nitrogens with zero attached hydrogens (tertiary/aromatic N) is 2. The highest BCUT2D eigenvalue weighted by Crippen LogP contribution is 2.14. The summed E-state index contributed by atoms with van der Waals surface area (Å²) in [6.07, 6.45) is 2.66. The average Bonchev–Trinajstić information content (AvgIpc) is 2.94. The first-order chi connectivity index (χ1) is 9.78. The molecule has 1 heterocycles. The molecule has 112 valence electrons. The third kappa shape index (κ3) is 5.12. The fourth-order valence-corrected chi connectivity index (χ4v) is 2.55. The van der Waals surface area contributed by atoms with Gasteiger partial charge in [-0.1, -0.05) is 12.1 Å². The average molecular weight is 278 g/mol. The Morgan fingerprint density at radius 1 is 1.20 bits per heavy atom. The van der Waals surface area contributed by atoms with E-state index in [0.717, 1.165) is 25.4 Å². The lowest BCUT2D eigenvalue weighted by Gasteiger charge is -2.16. The molecule has 1 aliphatic rings. The summed E-state index contributed by atoms with van der Waals surface area (Å²) in [6, 6.07) is 8.26. The van der Waals surface area contributed by atoms with Crippen molar-refractivity contribution in [1.29, 1.82) is 0 Å². The molecule has 0 saturated carbocycles. The van der Waals surface area contributed by atoms with Crippen molar-refractivity contribution in [3.63, 3.8) is 0 Å². The van der Waals surface area contributed by atoms with Crippen LogP contribution in [0.2, 0.25) is 0 Å². The van der Waals surface area contributed by atoms with Gasteiger partial charge in [-0.3, -0.25) is 9.80 Å². The molecule has 0 amide bonds. The van der Waals surface area contributed by atoms with Crippen molar-refractivity contribution in [2.45, 2.75) is 19.4 Å². The highest BCUT2D eigenvalue weighted by Gasteiger charge is 2.10. The van der Waals surface area contributed by atoms with Crippen LogP contribution in [0.3, 0.4) is 0 Å². The Hall–Kier alpha value is -1.10. The van der Waals surface area contributed by atoms with Crippen molar-refractivity contribution < 1.29 is 9.84 Å². The molecule has 1 aliphatic heterocycles. The van der Waals surface area contributed by atoms with E-state index >= 15 is 0 Å². The summed E-state index contributed by atoms with van der Waals surface area (Å²) in [6.45, 7) is 6.00. The molecular formula is C16H26N2O2. The molecule has 1 aromatic carbocycles. The van der Waals surface area contributed by atoms with Crippen LogP contribution < -0.4 is 4.74 Å². The first-order valence-corrected chi connectivity index (χ1v) is 7.51. The smallest absolute Gasteiger partial charge is 0.119 e. The standard InChI is InChI=1S/C16H26N2O2/c1-17(10-12-19)14-15-4-6-16(7-5-15)20-13-11-18-8-2-3-9-18/h4-7,19H,2-3,8-14H2,1H3. The topological polar surface area (TPSA) is 35.9 Å². The molecular weight excluding hydrogens is 252 g/mol. The molecule has 4 heteroatoms. The lowest BCUT2D eigenvalue weighted by Crippen LogP contribution is -2.25. The Kier molecular flexibility index (Phi) is 6.30. The number of benzene rings is 1. The van der Waals surface area contributed by atoms with Crippen LogP contribution in [0.1, 0.15) is 18.4 Å². The van der Waals surface area contributed by atoms with Crippen LogP contribution in [-0.2, 0) is 6.54 Å². The highest BCUT2D eigenvalue weighted by atomic mass is 16.5. The Bertz CT molecular complexity index is 375. The lowest BCUT2D eigenvalue weighted by atomic mass is 10.2. The molecule has 20 heavy (non-hydrogen) atoms. The molecule has 1 N–H and O–H groups in total. The number of aliphatic hydroxyl groups is 1. The van der Waals surface area contributed by atoms with Crippen LogP contribution in [-0.4, -0.2) is 61.3 Å². The minimum atomic E-state index is 0.203. The van der Waals surface area contributed by atoms with E-state index in [9.17, 15) is 0 Å². The minimum absolute atomic E-state index is 0.203. The Morgan fingerprint density at radius 3 is 2.55 bits per heavy atom. The van der Waals surface area contributed by atoms with Gasteiger partial charge in [0.1, 0.15) is 12.4 Å². The van der Waals surface area contributed by atoms with Crippen LogP contribution in [0, 0.1) is 0 Å². The van der Waals surface area contributed by atoms with Crippen LogP contribution in [0.4, 0.5) is 0 Å². The van der Waals surface area contributed by atoms with Gasteiger partial charge in [0, 0.05) is 19.6 Å². The number of likely N-dealkylation sites (N-methyl/N-ethyl adjacent to an activating group) is 1. The molecule has 4 nitrogen and oxygen atoms in total. The SMILES string of the molecule is CN(CCO)Cc1ccc(OCCN2CCCC2)cc1. The van der Waals surface area contributed by atoms with Crippen molar-refractivity contribution in [1.82, 2.24) is 9.80 Å². The van der Waals surface area contributed by atoms with E-state index in [2.05, 4.69) is 21.9 Å². The van der Waals surface area contributed by atoms with Crippen LogP contribution in [0.5, 0.6) is 5.75 Å². The fourth-order valence-electron chi connectivity index (χ4n) is 2.55. The second kappa shape index (κ2) is 8.25. The zero-order valence-corrected chi connectivity index (χ0v) is 12.4. The van der Waals surface area contributed by atoms with E-state index < -0.39 is 0 Å². The Labute approximate surface area is 122 Å². The van der Waals surface area contributed by atoms with Crippen molar-refractivity contribution in [2.75, 3.05) is 46.4 Å². The van der Waals surface area contributed by atoms with Crippen molar-refractivity contribution in [2.24, 2.45) is 0 Å². The maximum atomic E-state index is 8.88. The quantitative estimate of drug-likeness (QED) is 0.783. The third-order valence-electron chi connectivity index (χ3n) is 3.73. The summed E-state index contributed by atoms with van der Waals surface area (Å²) in [7, 11) is 2.01. The van der Waals surface area contributed by atoms with Gasteiger partial charge < -0.3 is 9.84 Å². The molecule has 0 bridgehead atoms. The molecule has 1 aromatic rings. The zero-order valence-electron chi connectivity index (χ0n) is 12.4. The van der Waals surface area contributed by atoms with Crippen molar-refractivity contribution in [3.05, 3.63) is 29.8 Å². The summed E-state index contributed by atoms with van der Waals surface area (Å²) < 4.78 is 5.78. The number of ether oxygens (including phenoxy) is 1. The summed E-state index contributed by atoms with van der Waals surface area (Å²) in [4.78, 5) is 4.56. The van der Waals surface area contributed by atoms with Crippen LogP contribution in [0.25, 0.3) is 0 Å². The van der Waals surface area contributed by atoms with Gasteiger partial charge in [0.15, 0.2) is 0 Å². The number of rotatable bonds is 8. The number of aliphatic hydroxyl groups excluding tert-OH is 1. The molecule has 1 fully saturated rings. The van der Waals surface area contributed by atoms with Gasteiger partial charge in [-0.15, -0.1) is 0 Å². The first kappa shape index (κ1) is 15.3. The molecule has 0 aliphatic carbocycles. The Morgan fingerprint density at radius 2 is 1.90 bits per heavy atom. The second-order valence-corrected chi connectivity index (χ2v) is 5.50. The van der Waals surface area contributed by atoms with E-state index in [1.165, 1.54) is 31.5 Å². The fraction of sp³-hybridized carbons (Fsp3) is 0.625. The van der Waals surface area contributed by atoms with Gasteiger partial charge >= 0.3 is 0 Å². The summed E-state index contributed by atoms with van der Waals surface area (Å²) in [5.74, 6) is 0.942. The minimum Gasteiger partial charge on any atom is -0.492 e. The van der Waals surface area contributed by atoms with Gasteiger partial charge in [0.25, 0.3) is 0 Å². The molecule has 0 atom stereocenters. The third-order valence-corrected chi connectivity index (χ3v) is 3.73. The second-order valence-electron chi connectivity index (χ2n) is 5.50. The van der Waals surface area contributed by atoms with E-state index in [1.807, 2.05) is 19.2 Å². The van der Waals surface area contributed by atoms with Gasteiger partial charge in [-0.2, -0.15) is 0 Å². The predicted octanol–water partition coefficient (Wildman–Crippen LogP) is 1.59. The molecule has 0 unspecified atom stereocenters. The molecule has 0 radical (unpaired) electrons. The molecule has 0 aromatic heterocycles. The number of hydrogen-bond donors (Lipinski definition) is 1. The maximum absolute atomic E-state index is 8.88. The van der Waals surface area contributed by atoms with Crippen molar-refractivity contribution in [3.8, 4) is 5.75 Å². The summed E-state index contributed by atoms with van der Waals surface area (Å²) >= 11 is 0. The van der Waals surface area contributed by atoms with Crippen molar-refractivity contribution >= 4 is 0 Å². The Balaban J connectivity index is 1.70. The van der Waals surface area contributed by atoms with Crippen LogP contribution in [0.15, 0.2) is 24.3 Å². The highest BCUT2D eigenvalue weighted by molar-refractivity contribution is 5.27. The number of likely N-dealkylation sites (tertiary alicyclic amines) is 1. The summed E-state index contributed by atoms with van der Waals surface area (Å²) in [5, 5.41) is 8.88. The zero-order chi connectivity index (χ0) is 14.2.